The molecule has 1 aromatic heterocycles. The van der Waals surface area contributed by atoms with Crippen LogP contribution in [-0.2, 0) is 12.0 Å². The lowest BCUT2D eigenvalue weighted by atomic mass is 9.92. The van der Waals surface area contributed by atoms with Crippen molar-refractivity contribution in [2.24, 2.45) is 11.8 Å². The summed E-state index contributed by atoms with van der Waals surface area (Å²) < 4.78 is 3.20. The van der Waals surface area contributed by atoms with Crippen LogP contribution in [0.15, 0.2) is 6.20 Å². The summed E-state index contributed by atoms with van der Waals surface area (Å²) >= 11 is 5.41. The van der Waals surface area contributed by atoms with Crippen LogP contribution < -0.4 is 0 Å². The lowest BCUT2D eigenvalue weighted by molar-refractivity contribution is 0.410. The van der Waals surface area contributed by atoms with Gasteiger partial charge in [-0.3, -0.25) is 0 Å². The third-order valence-corrected chi connectivity index (χ3v) is 4.22. The molecular formula is C14H24N2S. The Morgan fingerprint density at radius 3 is 2.65 bits per heavy atom. The minimum Gasteiger partial charge on any atom is -0.337 e. The van der Waals surface area contributed by atoms with Crippen LogP contribution in [0.3, 0.4) is 0 Å². The average molecular weight is 252 g/mol. The van der Waals surface area contributed by atoms with E-state index in [1.165, 1.54) is 25.0 Å². The normalized spacial score (nSPS) is 25.4. The molecule has 1 N–H and O–H groups in total. The van der Waals surface area contributed by atoms with Gasteiger partial charge in [0.2, 0.25) is 0 Å². The van der Waals surface area contributed by atoms with Gasteiger partial charge in [-0.25, -0.2) is 0 Å². The molecule has 2 rings (SSSR count). The molecule has 17 heavy (non-hydrogen) atoms. The van der Waals surface area contributed by atoms with Crippen LogP contribution in [0.1, 0.15) is 52.7 Å². The highest BCUT2D eigenvalue weighted by molar-refractivity contribution is 7.71. The molecule has 1 aliphatic carbocycles. The Kier molecular flexibility index (Phi) is 3.48. The second kappa shape index (κ2) is 4.60. The summed E-state index contributed by atoms with van der Waals surface area (Å²) in [5, 5.41) is 0. The molecule has 1 fully saturated rings. The zero-order chi connectivity index (χ0) is 12.6. The third kappa shape index (κ3) is 2.82. The summed E-state index contributed by atoms with van der Waals surface area (Å²) in [4.78, 5) is 3.21. The molecule has 2 unspecified atom stereocenters. The Morgan fingerprint density at radius 2 is 2.12 bits per heavy atom. The second-order valence-electron chi connectivity index (χ2n) is 6.62. The van der Waals surface area contributed by atoms with E-state index in [9.17, 15) is 0 Å². The van der Waals surface area contributed by atoms with E-state index in [1.807, 2.05) is 0 Å². The van der Waals surface area contributed by atoms with E-state index in [2.05, 4.69) is 43.4 Å². The highest BCUT2D eigenvalue weighted by Crippen LogP contribution is 2.33. The fourth-order valence-electron chi connectivity index (χ4n) is 2.95. The molecule has 2 atom stereocenters. The molecule has 0 saturated heterocycles. The van der Waals surface area contributed by atoms with Gasteiger partial charge in [0, 0.05) is 23.9 Å². The number of aromatic amines is 1. The number of hydrogen-bond donors (Lipinski definition) is 1. The molecule has 1 aromatic rings. The fourth-order valence-corrected chi connectivity index (χ4v) is 3.18. The number of aromatic nitrogens is 2. The third-order valence-electron chi connectivity index (χ3n) is 3.88. The maximum atomic E-state index is 5.41. The number of imidazole rings is 1. The minimum atomic E-state index is 0.164. The van der Waals surface area contributed by atoms with Gasteiger partial charge in [0.05, 0.1) is 0 Å². The van der Waals surface area contributed by atoms with Crippen molar-refractivity contribution >= 4 is 12.2 Å². The van der Waals surface area contributed by atoms with Gasteiger partial charge in [-0.1, -0.05) is 34.1 Å². The molecule has 0 bridgehead atoms. The molecule has 1 aliphatic rings. The molecule has 1 heterocycles. The van der Waals surface area contributed by atoms with Crippen LogP contribution in [0.4, 0.5) is 0 Å². The van der Waals surface area contributed by atoms with Crippen molar-refractivity contribution in [2.75, 3.05) is 0 Å². The minimum absolute atomic E-state index is 0.164. The van der Waals surface area contributed by atoms with E-state index in [0.29, 0.717) is 0 Å². The number of nitrogens with zero attached hydrogens (tertiary/aromatic N) is 1. The van der Waals surface area contributed by atoms with Gasteiger partial charge in [-0.15, -0.1) is 0 Å². The maximum Gasteiger partial charge on any atom is 0.177 e. The van der Waals surface area contributed by atoms with Crippen LogP contribution in [0.25, 0.3) is 0 Å². The first-order valence-corrected chi connectivity index (χ1v) is 7.07. The Bertz CT molecular complexity index is 436. The van der Waals surface area contributed by atoms with Gasteiger partial charge < -0.3 is 9.55 Å². The topological polar surface area (TPSA) is 20.7 Å². The molecule has 3 heteroatoms. The summed E-state index contributed by atoms with van der Waals surface area (Å²) in [6.07, 6.45) is 6.18. The van der Waals surface area contributed by atoms with Crippen LogP contribution in [0, 0.1) is 16.6 Å². The first kappa shape index (κ1) is 12.9. The van der Waals surface area contributed by atoms with Gasteiger partial charge in [-0.05, 0) is 36.9 Å². The Balaban J connectivity index is 2.21. The number of hydrogen-bond acceptors (Lipinski definition) is 1. The van der Waals surface area contributed by atoms with Crippen LogP contribution in [-0.4, -0.2) is 9.55 Å². The zero-order valence-electron chi connectivity index (χ0n) is 11.4. The lowest BCUT2D eigenvalue weighted by Crippen LogP contribution is -2.20. The highest BCUT2D eigenvalue weighted by atomic mass is 32.1. The number of H-pyrrole nitrogens is 1. The van der Waals surface area contributed by atoms with Crippen molar-refractivity contribution in [1.82, 2.24) is 9.55 Å². The maximum absolute atomic E-state index is 5.41. The molecule has 0 aliphatic heterocycles. The van der Waals surface area contributed by atoms with E-state index < -0.39 is 0 Å². The van der Waals surface area contributed by atoms with E-state index in [1.54, 1.807) is 0 Å². The zero-order valence-corrected chi connectivity index (χ0v) is 12.2. The smallest absolute Gasteiger partial charge is 0.177 e. The molecule has 0 spiro atoms. The van der Waals surface area contributed by atoms with Crippen molar-refractivity contribution in [3.63, 3.8) is 0 Å². The predicted octanol–water partition coefficient (Wildman–Crippen LogP) is 4.28. The molecule has 1 saturated carbocycles. The molecule has 0 amide bonds. The molecule has 96 valence electrons. The van der Waals surface area contributed by atoms with Crippen LogP contribution in [0.2, 0.25) is 0 Å². The lowest BCUT2D eigenvalue weighted by Gasteiger charge is -2.22. The SMILES string of the molecule is CC1CCC(Cn2c(C(C)(C)C)c[nH]c2=S)C1. The quantitative estimate of drug-likeness (QED) is 0.779. The Hall–Kier alpha value is -0.570. The summed E-state index contributed by atoms with van der Waals surface area (Å²) in [6.45, 7) is 10.2. The van der Waals surface area contributed by atoms with Crippen molar-refractivity contribution in [3.8, 4) is 0 Å². The van der Waals surface area contributed by atoms with E-state index in [4.69, 9.17) is 12.2 Å². The van der Waals surface area contributed by atoms with Crippen molar-refractivity contribution in [1.29, 1.82) is 0 Å². The largest absolute Gasteiger partial charge is 0.337 e. The van der Waals surface area contributed by atoms with Crippen LogP contribution in [0.5, 0.6) is 0 Å². The van der Waals surface area contributed by atoms with Gasteiger partial charge in [0.25, 0.3) is 0 Å². The monoisotopic (exact) mass is 252 g/mol. The van der Waals surface area contributed by atoms with E-state index >= 15 is 0 Å². The molecule has 0 radical (unpaired) electrons. The first-order valence-electron chi connectivity index (χ1n) is 6.66. The van der Waals surface area contributed by atoms with Gasteiger partial charge in [0.15, 0.2) is 4.77 Å². The summed E-state index contributed by atoms with van der Waals surface area (Å²) in [5.41, 5.74) is 1.50. The van der Waals surface area contributed by atoms with Crippen LogP contribution >= 0.6 is 12.2 Å². The predicted molar refractivity (Wildman–Crippen MR) is 74.8 cm³/mol. The summed E-state index contributed by atoms with van der Waals surface area (Å²) in [7, 11) is 0. The molecule has 2 nitrogen and oxygen atoms in total. The number of nitrogens with one attached hydrogen (secondary N) is 1. The van der Waals surface area contributed by atoms with E-state index in [-0.39, 0.29) is 5.41 Å². The highest BCUT2D eigenvalue weighted by Gasteiger charge is 2.25. The standard InChI is InChI=1S/C14H24N2S/c1-10-5-6-11(7-10)9-16-12(14(2,3)4)8-15-13(16)17/h8,10-11H,5-7,9H2,1-4H3,(H,15,17). The average Bonchev–Trinajstić information content (AvgIpc) is 2.74. The fraction of sp³-hybridized carbons (Fsp3) is 0.786. The van der Waals surface area contributed by atoms with Crippen molar-refractivity contribution < 1.29 is 0 Å². The first-order chi connectivity index (χ1) is 7.88. The number of rotatable bonds is 2. The van der Waals surface area contributed by atoms with Gasteiger partial charge in [-0.2, -0.15) is 0 Å². The second-order valence-corrected chi connectivity index (χ2v) is 7.01. The van der Waals surface area contributed by atoms with Crippen molar-refractivity contribution in [3.05, 3.63) is 16.7 Å². The molecule has 0 aromatic carbocycles. The van der Waals surface area contributed by atoms with Gasteiger partial charge in [0.1, 0.15) is 0 Å². The Labute approximate surface area is 109 Å². The summed E-state index contributed by atoms with van der Waals surface area (Å²) in [6, 6.07) is 0. The molecular weight excluding hydrogens is 228 g/mol. The Morgan fingerprint density at radius 1 is 1.41 bits per heavy atom. The van der Waals surface area contributed by atoms with E-state index in [0.717, 1.165) is 23.2 Å². The van der Waals surface area contributed by atoms with Crippen molar-refractivity contribution in [2.45, 2.75) is 58.9 Å². The summed E-state index contributed by atoms with van der Waals surface area (Å²) in [5.74, 6) is 1.71. The van der Waals surface area contributed by atoms with Gasteiger partial charge >= 0.3 is 0 Å².